The number of nitrogens with one attached hydrogen (secondary N) is 1. The lowest BCUT2D eigenvalue weighted by atomic mass is 10.2. The van der Waals surface area contributed by atoms with Crippen LogP contribution in [0.1, 0.15) is 27.2 Å². The van der Waals surface area contributed by atoms with E-state index in [1.165, 1.54) is 0 Å². The molecule has 0 saturated carbocycles. The maximum absolute atomic E-state index is 11.9. The van der Waals surface area contributed by atoms with Crippen molar-refractivity contribution in [3.63, 3.8) is 0 Å². The van der Waals surface area contributed by atoms with Crippen molar-refractivity contribution < 1.29 is 14.3 Å². The molecule has 0 aliphatic rings. The fourth-order valence-electron chi connectivity index (χ4n) is 1.58. The smallest absolute Gasteiger partial charge is 0.253 e. The van der Waals surface area contributed by atoms with Crippen LogP contribution >= 0.6 is 11.6 Å². The Kier molecular flexibility index (Phi) is 7.26. The average molecular weight is 312 g/mol. The van der Waals surface area contributed by atoms with Gasteiger partial charge < -0.3 is 14.8 Å². The second-order valence-electron chi connectivity index (χ2n) is 4.89. The van der Waals surface area contributed by atoms with Gasteiger partial charge in [0.25, 0.3) is 5.91 Å². The molecule has 0 spiro atoms. The maximum Gasteiger partial charge on any atom is 0.253 e. The molecule has 1 aromatic rings. The summed E-state index contributed by atoms with van der Waals surface area (Å²) in [7, 11) is 0. The highest BCUT2D eigenvalue weighted by molar-refractivity contribution is 6.32. The van der Waals surface area contributed by atoms with Crippen molar-refractivity contribution in [3.8, 4) is 5.75 Å². The third kappa shape index (κ3) is 6.19. The normalized spacial score (nSPS) is 12.0. The zero-order chi connectivity index (χ0) is 15.8. The molecule has 21 heavy (non-hydrogen) atoms. The first-order chi connectivity index (χ1) is 9.93. The second-order valence-corrected chi connectivity index (χ2v) is 5.30. The molecular weight excluding hydrogens is 290 g/mol. The highest BCUT2D eigenvalue weighted by atomic mass is 35.5. The summed E-state index contributed by atoms with van der Waals surface area (Å²) < 4.78 is 10.9. The third-order valence-corrected chi connectivity index (χ3v) is 2.92. The van der Waals surface area contributed by atoms with Gasteiger partial charge in [-0.15, -0.1) is 6.58 Å². The van der Waals surface area contributed by atoms with Crippen LogP contribution in [0.25, 0.3) is 0 Å². The van der Waals surface area contributed by atoms with E-state index >= 15 is 0 Å². The van der Waals surface area contributed by atoms with Gasteiger partial charge in [0.15, 0.2) is 0 Å². The molecule has 0 fully saturated rings. The van der Waals surface area contributed by atoms with Gasteiger partial charge in [-0.1, -0.05) is 17.7 Å². The number of carbonyl (C=O) groups is 1. The molecule has 1 atom stereocenters. The van der Waals surface area contributed by atoms with Crippen molar-refractivity contribution in [1.82, 2.24) is 0 Å². The minimum Gasteiger partial charge on any atom is -0.489 e. The Morgan fingerprint density at radius 1 is 1.43 bits per heavy atom. The van der Waals surface area contributed by atoms with Crippen LogP contribution in [-0.4, -0.2) is 24.7 Å². The van der Waals surface area contributed by atoms with E-state index in [1.807, 2.05) is 13.8 Å². The summed E-state index contributed by atoms with van der Waals surface area (Å²) in [6, 6.07) is 5.15. The molecule has 5 heteroatoms. The van der Waals surface area contributed by atoms with E-state index in [1.54, 1.807) is 31.2 Å². The fourth-order valence-corrected chi connectivity index (χ4v) is 1.80. The Morgan fingerprint density at radius 2 is 2.14 bits per heavy atom. The number of anilines is 1. The van der Waals surface area contributed by atoms with Crippen LogP contribution in [0.15, 0.2) is 30.9 Å². The van der Waals surface area contributed by atoms with E-state index in [4.69, 9.17) is 21.1 Å². The summed E-state index contributed by atoms with van der Waals surface area (Å²) in [5.74, 6) is 0.382. The summed E-state index contributed by atoms with van der Waals surface area (Å²) in [5, 5.41) is 3.22. The standard InChI is InChI=1S/C16H22ClNO3/c1-5-6-9-20-12(4)16(19)18-13-7-8-15(14(17)10-13)21-11(2)3/h5,7-8,10-12H,1,6,9H2,2-4H3,(H,18,19). The van der Waals surface area contributed by atoms with Gasteiger partial charge in [0.2, 0.25) is 0 Å². The minimum atomic E-state index is -0.532. The van der Waals surface area contributed by atoms with Gasteiger partial charge >= 0.3 is 0 Å². The highest BCUT2D eigenvalue weighted by Crippen LogP contribution is 2.28. The fraction of sp³-hybridized carbons (Fsp3) is 0.438. The average Bonchev–Trinajstić information content (AvgIpc) is 2.41. The third-order valence-electron chi connectivity index (χ3n) is 2.62. The van der Waals surface area contributed by atoms with Gasteiger partial charge in [-0.05, 0) is 45.4 Å². The molecule has 0 aromatic heterocycles. The Morgan fingerprint density at radius 3 is 2.71 bits per heavy atom. The molecule has 0 radical (unpaired) electrons. The molecule has 116 valence electrons. The van der Waals surface area contributed by atoms with Crippen molar-refractivity contribution in [3.05, 3.63) is 35.9 Å². The summed E-state index contributed by atoms with van der Waals surface area (Å²) in [6.07, 6.45) is 1.97. The summed E-state index contributed by atoms with van der Waals surface area (Å²) in [6.45, 7) is 9.63. The van der Waals surface area contributed by atoms with Crippen LogP contribution in [0.3, 0.4) is 0 Å². The molecule has 0 aliphatic heterocycles. The number of benzene rings is 1. The molecule has 4 nitrogen and oxygen atoms in total. The molecule has 0 saturated heterocycles. The lowest BCUT2D eigenvalue weighted by Gasteiger charge is -2.15. The lowest BCUT2D eigenvalue weighted by molar-refractivity contribution is -0.126. The SMILES string of the molecule is C=CCCOC(C)C(=O)Nc1ccc(OC(C)C)c(Cl)c1. The number of hydrogen-bond donors (Lipinski definition) is 1. The molecule has 0 heterocycles. The van der Waals surface area contributed by atoms with Crippen molar-refractivity contribution in [1.29, 1.82) is 0 Å². The van der Waals surface area contributed by atoms with Crippen LogP contribution in [0.4, 0.5) is 5.69 Å². The van der Waals surface area contributed by atoms with Crippen molar-refractivity contribution >= 4 is 23.2 Å². The number of carbonyl (C=O) groups excluding carboxylic acids is 1. The quantitative estimate of drug-likeness (QED) is 0.582. The Hall–Kier alpha value is -1.52. The van der Waals surface area contributed by atoms with Gasteiger partial charge in [0.05, 0.1) is 17.7 Å². The topological polar surface area (TPSA) is 47.6 Å². The monoisotopic (exact) mass is 311 g/mol. The lowest BCUT2D eigenvalue weighted by Crippen LogP contribution is -2.28. The Labute approximate surface area is 131 Å². The number of rotatable bonds is 8. The second kappa shape index (κ2) is 8.70. The summed E-state index contributed by atoms with van der Waals surface area (Å²) in [4.78, 5) is 11.9. The first-order valence-electron chi connectivity index (χ1n) is 6.93. The van der Waals surface area contributed by atoms with Crippen LogP contribution < -0.4 is 10.1 Å². The molecule has 0 aliphatic carbocycles. The number of ether oxygens (including phenoxy) is 2. The predicted octanol–water partition coefficient (Wildman–Crippen LogP) is 4.05. The van der Waals surface area contributed by atoms with Crippen molar-refractivity contribution in [2.24, 2.45) is 0 Å². The van der Waals surface area contributed by atoms with Gasteiger partial charge in [-0.2, -0.15) is 0 Å². The van der Waals surface area contributed by atoms with Crippen LogP contribution in [0, 0.1) is 0 Å². The van der Waals surface area contributed by atoms with Crippen LogP contribution in [0.5, 0.6) is 5.75 Å². The van der Waals surface area contributed by atoms with Crippen LogP contribution in [0.2, 0.25) is 5.02 Å². The van der Waals surface area contributed by atoms with E-state index < -0.39 is 6.10 Å². The molecule has 1 rings (SSSR count). The number of halogens is 1. The van der Waals surface area contributed by atoms with Crippen molar-refractivity contribution in [2.45, 2.75) is 39.4 Å². The van der Waals surface area contributed by atoms with Crippen molar-refractivity contribution in [2.75, 3.05) is 11.9 Å². The Bertz CT molecular complexity index is 488. The van der Waals surface area contributed by atoms with E-state index in [2.05, 4.69) is 11.9 Å². The minimum absolute atomic E-state index is 0.0428. The van der Waals surface area contributed by atoms with Gasteiger partial charge in [-0.25, -0.2) is 0 Å². The number of amides is 1. The first kappa shape index (κ1) is 17.5. The van der Waals surface area contributed by atoms with Crippen LogP contribution in [-0.2, 0) is 9.53 Å². The van der Waals surface area contributed by atoms with E-state index in [0.717, 1.165) is 0 Å². The summed E-state index contributed by atoms with van der Waals surface area (Å²) >= 11 is 6.12. The number of hydrogen-bond acceptors (Lipinski definition) is 3. The zero-order valence-electron chi connectivity index (χ0n) is 12.7. The van der Waals surface area contributed by atoms with Gasteiger partial charge in [0, 0.05) is 5.69 Å². The van der Waals surface area contributed by atoms with Gasteiger partial charge in [0.1, 0.15) is 11.9 Å². The zero-order valence-corrected chi connectivity index (χ0v) is 13.4. The maximum atomic E-state index is 11.9. The highest BCUT2D eigenvalue weighted by Gasteiger charge is 2.14. The van der Waals surface area contributed by atoms with E-state index in [-0.39, 0.29) is 12.0 Å². The molecule has 0 bridgehead atoms. The Balaban J connectivity index is 2.60. The van der Waals surface area contributed by atoms with E-state index in [9.17, 15) is 4.79 Å². The summed E-state index contributed by atoms with van der Waals surface area (Å²) in [5.41, 5.74) is 0.611. The molecular formula is C16H22ClNO3. The predicted molar refractivity (Wildman–Crippen MR) is 86.1 cm³/mol. The first-order valence-corrected chi connectivity index (χ1v) is 7.31. The molecule has 1 amide bonds. The molecule has 1 unspecified atom stereocenters. The molecule has 1 aromatic carbocycles. The van der Waals surface area contributed by atoms with Gasteiger partial charge in [-0.3, -0.25) is 4.79 Å². The largest absolute Gasteiger partial charge is 0.489 e. The molecule has 1 N–H and O–H groups in total. The van der Waals surface area contributed by atoms with E-state index in [0.29, 0.717) is 29.5 Å².